The van der Waals surface area contributed by atoms with Crippen LogP contribution in [0.3, 0.4) is 0 Å². The summed E-state index contributed by atoms with van der Waals surface area (Å²) in [5.74, 6) is -0.133. The Balaban J connectivity index is 2.63. The Kier molecular flexibility index (Phi) is 4.82. The molecule has 0 spiro atoms. The molecule has 5 heteroatoms. The maximum Gasteiger partial charge on any atom is 0.306 e. The molecule has 0 aliphatic carbocycles. The zero-order valence-corrected chi connectivity index (χ0v) is 13.2. The van der Waals surface area contributed by atoms with Gasteiger partial charge in [-0.25, -0.2) is 0 Å². The van der Waals surface area contributed by atoms with Gasteiger partial charge in [0.1, 0.15) is 11.6 Å². The van der Waals surface area contributed by atoms with E-state index in [-0.39, 0.29) is 17.6 Å². The highest BCUT2D eigenvalue weighted by Crippen LogP contribution is 2.40. The van der Waals surface area contributed by atoms with Gasteiger partial charge in [0.25, 0.3) is 0 Å². The Labute approximate surface area is 117 Å². The van der Waals surface area contributed by atoms with Crippen molar-refractivity contribution in [1.82, 2.24) is 5.06 Å². The number of hydrogen-bond acceptors (Lipinski definition) is 3. The van der Waals surface area contributed by atoms with Crippen LogP contribution in [-0.2, 0) is 9.53 Å². The van der Waals surface area contributed by atoms with E-state index in [0.29, 0.717) is 6.42 Å². The molecule has 1 fully saturated rings. The lowest BCUT2D eigenvalue weighted by atomic mass is 9.97. The van der Waals surface area contributed by atoms with Crippen molar-refractivity contribution in [2.75, 3.05) is 4.43 Å². The molecule has 0 saturated carbocycles. The maximum absolute atomic E-state index is 11.7. The lowest BCUT2D eigenvalue weighted by molar-refractivity contribution is -0.205. The zero-order valence-electron chi connectivity index (χ0n) is 11.0. The van der Waals surface area contributed by atoms with E-state index < -0.39 is 5.54 Å². The van der Waals surface area contributed by atoms with Crippen molar-refractivity contribution < 1.29 is 14.7 Å². The summed E-state index contributed by atoms with van der Waals surface area (Å²) >= 11 is 2.26. The van der Waals surface area contributed by atoms with Gasteiger partial charge in [0.15, 0.2) is 0 Å². The van der Waals surface area contributed by atoms with E-state index in [9.17, 15) is 4.79 Å². The van der Waals surface area contributed by atoms with Crippen molar-refractivity contribution in [3.05, 3.63) is 0 Å². The van der Waals surface area contributed by atoms with Crippen LogP contribution in [0, 0.1) is 0 Å². The average molecular weight is 356 g/mol. The summed E-state index contributed by atoms with van der Waals surface area (Å²) < 4.78 is 6.50. The van der Waals surface area contributed by atoms with E-state index in [1.54, 1.807) is 5.06 Å². The molecule has 17 heavy (non-hydrogen) atoms. The third-order valence-corrected chi connectivity index (χ3v) is 4.21. The number of esters is 1. The minimum atomic E-state index is -0.413. The zero-order chi connectivity index (χ0) is 13.3. The third kappa shape index (κ3) is 3.32. The third-order valence-electron chi connectivity index (χ3n) is 3.44. The summed E-state index contributed by atoms with van der Waals surface area (Å²) in [5.41, 5.74) is -0.652. The van der Waals surface area contributed by atoms with Gasteiger partial charge in [0, 0.05) is 17.3 Å². The van der Waals surface area contributed by atoms with E-state index in [0.717, 1.165) is 17.3 Å². The van der Waals surface area contributed by atoms with Crippen LogP contribution in [0.25, 0.3) is 0 Å². The van der Waals surface area contributed by atoms with Crippen molar-refractivity contribution in [2.45, 2.75) is 64.1 Å². The van der Waals surface area contributed by atoms with E-state index in [4.69, 9.17) is 9.94 Å². The molecule has 1 saturated heterocycles. The van der Waals surface area contributed by atoms with Gasteiger partial charge in [-0.05, 0) is 34.1 Å². The lowest BCUT2D eigenvalue weighted by Crippen LogP contribution is -2.49. The van der Waals surface area contributed by atoms with Crippen LogP contribution < -0.4 is 0 Å². The molecule has 100 valence electrons. The van der Waals surface area contributed by atoms with Crippen molar-refractivity contribution in [2.24, 2.45) is 0 Å². The smallest absolute Gasteiger partial charge is 0.306 e. The standard InChI is InChI=1S/C12H22INO3/c1-11(2)8-9(12(3,4)14(11)16)17-10(15)6-5-7-13/h9,16H,5-8H2,1-4H3/p+1. The van der Waals surface area contributed by atoms with E-state index in [1.165, 1.54) is 0 Å². The largest absolute Gasteiger partial charge is 0.460 e. The molecule has 0 aromatic heterocycles. The van der Waals surface area contributed by atoms with Crippen LogP contribution in [0.1, 0.15) is 47.0 Å². The number of carbonyl (C=O) groups excluding carboxylic acids is 1. The normalized spacial score (nSPS) is 27.1. The van der Waals surface area contributed by atoms with Gasteiger partial charge in [-0.3, -0.25) is 4.79 Å². The van der Waals surface area contributed by atoms with E-state index in [1.807, 2.05) is 27.7 Å². The molecule has 0 aromatic carbocycles. The molecule has 1 aliphatic rings. The van der Waals surface area contributed by atoms with Gasteiger partial charge >= 0.3 is 5.97 Å². The molecule has 0 radical (unpaired) electrons. The second-order valence-corrected chi connectivity index (χ2v) is 6.86. The van der Waals surface area contributed by atoms with Crippen LogP contribution >= 0.6 is 22.6 Å². The topological polar surface area (TPSA) is 52.4 Å². The highest BCUT2D eigenvalue weighted by molar-refractivity contribution is 14.1. The number of hydroxylamine groups is 2. The molecule has 2 N–H and O–H groups in total. The minimum Gasteiger partial charge on any atom is -0.460 e. The summed E-state index contributed by atoms with van der Waals surface area (Å²) in [7, 11) is 0. The second-order valence-electron chi connectivity index (χ2n) is 5.78. The van der Waals surface area contributed by atoms with Crippen molar-refractivity contribution in [1.29, 1.82) is 0 Å². The summed E-state index contributed by atoms with van der Waals surface area (Å²) in [4.78, 5) is 11.7. The Bertz CT molecular complexity index is 291. The number of ether oxygens (including phenoxy) is 1. The van der Waals surface area contributed by atoms with Gasteiger partial charge in [0.05, 0.1) is 5.54 Å². The summed E-state index contributed by atoms with van der Waals surface area (Å²) in [5, 5.41) is 9.66. The predicted molar refractivity (Wildman–Crippen MR) is 76.2 cm³/mol. The Hall–Kier alpha value is 0.120. The van der Waals surface area contributed by atoms with E-state index >= 15 is 0 Å². The number of hydrogen-bond donors (Lipinski definition) is 0. The first kappa shape index (κ1) is 15.2. The molecule has 4 nitrogen and oxygen atoms in total. The fraction of sp³-hybridized carbons (Fsp3) is 0.917. The van der Waals surface area contributed by atoms with Gasteiger partial charge in [0.2, 0.25) is 0 Å². The highest BCUT2D eigenvalue weighted by atomic mass is 127. The first-order valence-electron chi connectivity index (χ1n) is 5.99. The number of alkyl halides is 1. The van der Waals surface area contributed by atoms with Crippen LogP contribution in [0.5, 0.6) is 0 Å². The first-order valence-corrected chi connectivity index (χ1v) is 7.51. The molecular formula is C12H23INO3+. The predicted octanol–water partition coefficient (Wildman–Crippen LogP) is 2.02. The van der Waals surface area contributed by atoms with Crippen molar-refractivity contribution in [3.8, 4) is 0 Å². The summed E-state index contributed by atoms with van der Waals surface area (Å²) in [6.45, 7) is 7.96. The van der Waals surface area contributed by atoms with Crippen LogP contribution in [0.2, 0.25) is 0 Å². The van der Waals surface area contributed by atoms with Crippen molar-refractivity contribution in [3.63, 3.8) is 0 Å². The molecule has 0 bridgehead atoms. The van der Waals surface area contributed by atoms with Crippen LogP contribution in [0.4, 0.5) is 0 Å². The lowest BCUT2D eigenvalue weighted by Gasteiger charge is -2.30. The average Bonchev–Trinajstić information content (AvgIpc) is 2.37. The van der Waals surface area contributed by atoms with Crippen LogP contribution in [0.15, 0.2) is 0 Å². The van der Waals surface area contributed by atoms with Gasteiger partial charge in [-0.1, -0.05) is 27.7 Å². The summed E-state index contributed by atoms with van der Waals surface area (Å²) in [6, 6.07) is 0. The monoisotopic (exact) mass is 356 g/mol. The van der Waals surface area contributed by atoms with Crippen LogP contribution in [-0.4, -0.2) is 37.8 Å². The number of halogens is 1. The first-order chi connectivity index (χ1) is 7.71. The molecule has 0 amide bonds. The quantitative estimate of drug-likeness (QED) is 0.335. The fourth-order valence-electron chi connectivity index (χ4n) is 2.33. The highest BCUT2D eigenvalue weighted by Gasteiger charge is 2.56. The molecule has 1 heterocycles. The van der Waals surface area contributed by atoms with Gasteiger partial charge < -0.3 is 9.94 Å². The van der Waals surface area contributed by atoms with E-state index in [2.05, 4.69) is 22.6 Å². The SMILES string of the molecule is CC1(C)CC(OC(=O)CCCI)C(C)(C)N1[OH2+]. The molecular weight excluding hydrogens is 333 g/mol. The number of nitrogens with zero attached hydrogens (tertiary/aromatic N) is 1. The Morgan fingerprint density at radius 2 is 2.06 bits per heavy atom. The fourth-order valence-corrected chi connectivity index (χ4v) is 2.71. The number of rotatable bonds is 4. The van der Waals surface area contributed by atoms with Gasteiger partial charge in [-0.15, -0.1) is 0 Å². The molecule has 1 rings (SSSR count). The summed E-state index contributed by atoms with van der Waals surface area (Å²) in [6.07, 6.45) is 1.88. The molecule has 0 aromatic rings. The molecule has 1 aliphatic heterocycles. The Morgan fingerprint density at radius 1 is 1.47 bits per heavy atom. The Morgan fingerprint density at radius 3 is 2.47 bits per heavy atom. The van der Waals surface area contributed by atoms with Gasteiger partial charge in [-0.2, -0.15) is 0 Å². The van der Waals surface area contributed by atoms with Crippen molar-refractivity contribution >= 4 is 28.6 Å². The number of carbonyl (C=O) groups is 1. The molecule has 1 unspecified atom stereocenters. The molecule has 1 atom stereocenters. The minimum absolute atomic E-state index is 0.133. The second kappa shape index (κ2) is 5.40. The maximum atomic E-state index is 11.7.